The highest BCUT2D eigenvalue weighted by molar-refractivity contribution is 6.25. The largest absolute Gasteiger partial charge is 1.00 e. The molecule has 0 saturated carbocycles. The van der Waals surface area contributed by atoms with Crippen molar-refractivity contribution in [3.63, 3.8) is 0 Å². The Kier molecular flexibility index (Phi) is 8.04. The van der Waals surface area contributed by atoms with Gasteiger partial charge in [0.15, 0.2) is 0 Å². The summed E-state index contributed by atoms with van der Waals surface area (Å²) in [6.45, 7) is 3.75. The minimum absolute atomic E-state index is 0. The number of amides is 1. The molecule has 0 spiro atoms. The second-order valence-corrected chi connectivity index (χ2v) is 3.44. The number of hydrogen-bond acceptors (Lipinski definition) is 4. The molecule has 15 heavy (non-hydrogen) atoms. The Bertz CT molecular complexity index is 206. The number of carbonyl (C=O) groups is 1. The van der Waals surface area contributed by atoms with E-state index in [1.54, 1.807) is 0 Å². The van der Waals surface area contributed by atoms with E-state index in [-0.39, 0.29) is 18.3 Å². The zero-order valence-corrected chi connectivity index (χ0v) is 9.41. The lowest BCUT2D eigenvalue weighted by Crippen LogP contribution is -3.00. The Labute approximate surface area is 95.9 Å². The van der Waals surface area contributed by atoms with E-state index in [1.165, 1.54) is 19.3 Å². The normalized spacial score (nSPS) is 17.3. The van der Waals surface area contributed by atoms with Crippen molar-refractivity contribution in [2.75, 3.05) is 26.2 Å². The van der Waals surface area contributed by atoms with Crippen LogP contribution >= 0.6 is 0 Å². The molecule has 0 aromatic heterocycles. The fraction of sp³-hybridized carbons (Fsp3) is 0.778. The van der Waals surface area contributed by atoms with Crippen LogP contribution in [0.1, 0.15) is 19.3 Å². The lowest BCUT2D eigenvalue weighted by Gasteiger charge is -2.26. The second kappa shape index (κ2) is 8.49. The van der Waals surface area contributed by atoms with Gasteiger partial charge in [0.1, 0.15) is 6.21 Å². The van der Waals surface area contributed by atoms with E-state index < -0.39 is 0 Å². The van der Waals surface area contributed by atoms with Gasteiger partial charge in [0, 0.05) is 13.1 Å². The number of rotatable bonds is 4. The van der Waals surface area contributed by atoms with Crippen molar-refractivity contribution in [2.24, 2.45) is 5.16 Å². The van der Waals surface area contributed by atoms with Crippen LogP contribution < -0.4 is 17.7 Å². The minimum atomic E-state index is -0.343. The van der Waals surface area contributed by atoms with Crippen LogP contribution in [-0.2, 0) is 4.79 Å². The van der Waals surface area contributed by atoms with Gasteiger partial charge in [-0.25, -0.2) is 0 Å². The molecule has 0 unspecified atom stereocenters. The van der Waals surface area contributed by atoms with Crippen LogP contribution in [0.25, 0.3) is 0 Å². The quantitative estimate of drug-likeness (QED) is 0.311. The van der Waals surface area contributed by atoms with Gasteiger partial charge in [0.25, 0.3) is 5.91 Å². The summed E-state index contributed by atoms with van der Waals surface area (Å²) in [5.41, 5.74) is 0. The topological polar surface area (TPSA) is 64.9 Å². The SMILES string of the molecule is O=C(C=NO)NCCN1CCCCC1.[Cl-]. The first-order valence-corrected chi connectivity index (χ1v) is 5.00. The summed E-state index contributed by atoms with van der Waals surface area (Å²) >= 11 is 0. The molecule has 1 aliphatic heterocycles. The van der Waals surface area contributed by atoms with E-state index >= 15 is 0 Å². The number of nitrogens with one attached hydrogen (secondary N) is 1. The highest BCUT2D eigenvalue weighted by atomic mass is 35.5. The Morgan fingerprint density at radius 2 is 2.07 bits per heavy atom. The second-order valence-electron chi connectivity index (χ2n) is 3.44. The van der Waals surface area contributed by atoms with Crippen molar-refractivity contribution in [3.05, 3.63) is 0 Å². The van der Waals surface area contributed by atoms with Crippen molar-refractivity contribution >= 4 is 12.1 Å². The van der Waals surface area contributed by atoms with Gasteiger partial charge in [0.2, 0.25) is 0 Å². The predicted octanol–water partition coefficient (Wildman–Crippen LogP) is -2.95. The molecule has 2 N–H and O–H groups in total. The van der Waals surface area contributed by atoms with Gasteiger partial charge in [-0.05, 0) is 25.9 Å². The van der Waals surface area contributed by atoms with Gasteiger partial charge in [-0.2, -0.15) is 0 Å². The molecule has 0 aromatic carbocycles. The van der Waals surface area contributed by atoms with Crippen LogP contribution in [0.3, 0.4) is 0 Å². The zero-order chi connectivity index (χ0) is 10.2. The molecular formula is C9H17ClN3O2-. The molecule has 0 radical (unpaired) electrons. The fourth-order valence-electron chi connectivity index (χ4n) is 1.62. The van der Waals surface area contributed by atoms with Gasteiger partial charge in [-0.3, -0.25) is 4.79 Å². The van der Waals surface area contributed by atoms with E-state index in [0.717, 1.165) is 25.8 Å². The third kappa shape index (κ3) is 6.30. The highest BCUT2D eigenvalue weighted by Gasteiger charge is 2.09. The number of likely N-dealkylation sites (tertiary alicyclic amines) is 1. The van der Waals surface area contributed by atoms with Gasteiger partial charge in [-0.1, -0.05) is 11.6 Å². The number of halogens is 1. The highest BCUT2D eigenvalue weighted by Crippen LogP contribution is 2.06. The Hall–Kier alpha value is -0.810. The van der Waals surface area contributed by atoms with Gasteiger partial charge in [0.05, 0.1) is 0 Å². The molecule has 1 amide bonds. The van der Waals surface area contributed by atoms with Crippen molar-refractivity contribution in [3.8, 4) is 0 Å². The summed E-state index contributed by atoms with van der Waals surface area (Å²) in [6, 6.07) is 0. The third-order valence-electron chi connectivity index (χ3n) is 2.35. The molecule has 1 saturated heterocycles. The molecule has 5 nitrogen and oxygen atoms in total. The summed E-state index contributed by atoms with van der Waals surface area (Å²) in [5, 5.41) is 13.4. The Balaban J connectivity index is 0.00000196. The minimum Gasteiger partial charge on any atom is -1.00 e. The molecule has 1 fully saturated rings. The van der Waals surface area contributed by atoms with Crippen LogP contribution in [0.5, 0.6) is 0 Å². The van der Waals surface area contributed by atoms with Crippen LogP contribution in [0, 0.1) is 0 Å². The summed E-state index contributed by atoms with van der Waals surface area (Å²) in [5.74, 6) is -0.343. The number of carbonyl (C=O) groups excluding carboxylic acids is 1. The molecule has 0 bridgehead atoms. The molecule has 0 aromatic rings. The van der Waals surface area contributed by atoms with Crippen molar-refractivity contribution in [2.45, 2.75) is 19.3 Å². The number of piperidine rings is 1. The summed E-state index contributed by atoms with van der Waals surface area (Å²) in [7, 11) is 0. The lowest BCUT2D eigenvalue weighted by atomic mass is 10.1. The molecule has 1 rings (SSSR count). The molecule has 88 valence electrons. The van der Waals surface area contributed by atoms with Crippen LogP contribution in [0.15, 0.2) is 5.16 Å². The molecule has 1 heterocycles. The maximum absolute atomic E-state index is 10.8. The number of nitrogens with zero attached hydrogens (tertiary/aromatic N) is 2. The first-order valence-electron chi connectivity index (χ1n) is 5.00. The maximum Gasteiger partial charge on any atom is 0.265 e. The predicted molar refractivity (Wildman–Crippen MR) is 53.6 cm³/mol. The fourth-order valence-corrected chi connectivity index (χ4v) is 1.62. The van der Waals surface area contributed by atoms with E-state index in [1.807, 2.05) is 0 Å². The lowest BCUT2D eigenvalue weighted by molar-refractivity contribution is -0.114. The first-order chi connectivity index (χ1) is 6.83. The Morgan fingerprint density at radius 3 is 2.67 bits per heavy atom. The number of hydrogen-bond donors (Lipinski definition) is 2. The van der Waals surface area contributed by atoms with Crippen molar-refractivity contribution in [1.82, 2.24) is 10.2 Å². The van der Waals surface area contributed by atoms with E-state index in [4.69, 9.17) is 5.21 Å². The summed E-state index contributed by atoms with van der Waals surface area (Å²) in [6.07, 6.45) is 4.70. The average Bonchev–Trinajstić information content (AvgIpc) is 2.20. The van der Waals surface area contributed by atoms with Crippen LogP contribution in [-0.4, -0.2) is 48.4 Å². The van der Waals surface area contributed by atoms with E-state index in [9.17, 15) is 4.79 Å². The number of oxime groups is 1. The maximum atomic E-state index is 10.8. The first kappa shape index (κ1) is 14.2. The monoisotopic (exact) mass is 234 g/mol. The average molecular weight is 235 g/mol. The van der Waals surface area contributed by atoms with E-state index in [2.05, 4.69) is 15.4 Å². The molecule has 1 aliphatic rings. The van der Waals surface area contributed by atoms with Gasteiger partial charge in [-0.15, -0.1) is 0 Å². The van der Waals surface area contributed by atoms with Gasteiger partial charge >= 0.3 is 0 Å². The van der Waals surface area contributed by atoms with Crippen LogP contribution in [0.4, 0.5) is 0 Å². The Morgan fingerprint density at radius 1 is 1.40 bits per heavy atom. The molecular weight excluding hydrogens is 218 g/mol. The van der Waals surface area contributed by atoms with Crippen molar-refractivity contribution < 1.29 is 22.4 Å². The smallest absolute Gasteiger partial charge is 0.265 e. The molecule has 6 heteroatoms. The van der Waals surface area contributed by atoms with Crippen LogP contribution in [0.2, 0.25) is 0 Å². The zero-order valence-electron chi connectivity index (χ0n) is 8.65. The van der Waals surface area contributed by atoms with Gasteiger partial charge < -0.3 is 27.8 Å². The third-order valence-corrected chi connectivity index (χ3v) is 2.35. The van der Waals surface area contributed by atoms with Crippen molar-refractivity contribution in [1.29, 1.82) is 0 Å². The molecule has 0 aliphatic carbocycles. The molecule has 0 atom stereocenters. The summed E-state index contributed by atoms with van der Waals surface area (Å²) < 4.78 is 0. The standard InChI is InChI=1S/C9H17N3O2.ClH/c13-9(8-11-14)10-4-7-12-5-2-1-3-6-12;/h8,14H,1-7H2,(H,10,13);1H/p-1. The van der Waals surface area contributed by atoms with E-state index in [0.29, 0.717) is 6.54 Å². The summed E-state index contributed by atoms with van der Waals surface area (Å²) in [4.78, 5) is 13.2.